The van der Waals surface area contributed by atoms with Crippen LogP contribution in [0.2, 0.25) is 0 Å². The molecule has 3 aromatic carbocycles. The van der Waals surface area contributed by atoms with E-state index in [4.69, 9.17) is 9.47 Å². The van der Waals surface area contributed by atoms with E-state index in [1.807, 2.05) is 54.6 Å². The maximum atomic E-state index is 13.1. The van der Waals surface area contributed by atoms with Gasteiger partial charge in [0.1, 0.15) is 6.61 Å². The summed E-state index contributed by atoms with van der Waals surface area (Å²) in [6.07, 6.45) is 2.41. The van der Waals surface area contributed by atoms with E-state index < -0.39 is 0 Å². The molecule has 0 bridgehead atoms. The predicted octanol–water partition coefficient (Wildman–Crippen LogP) is 5.22. The first-order valence-electron chi connectivity index (χ1n) is 15.9. The second kappa shape index (κ2) is 17.8. The number of anilines is 2. The summed E-state index contributed by atoms with van der Waals surface area (Å²) < 4.78 is 10.8. The van der Waals surface area contributed by atoms with E-state index in [0.29, 0.717) is 30.8 Å². The van der Waals surface area contributed by atoms with Gasteiger partial charge in [-0.1, -0.05) is 54.6 Å². The van der Waals surface area contributed by atoms with Crippen LogP contribution >= 0.6 is 0 Å². The largest absolute Gasteiger partial charge is 0.466 e. The fourth-order valence-electron chi connectivity index (χ4n) is 5.33. The number of carbonyl (C=O) groups is 4. The van der Waals surface area contributed by atoms with Gasteiger partial charge in [0.25, 0.3) is 5.91 Å². The molecule has 0 saturated carbocycles. The average molecular weight is 629 g/mol. The molecular weight excluding hydrogens is 584 g/mol. The highest BCUT2D eigenvalue weighted by Gasteiger charge is 2.22. The summed E-state index contributed by atoms with van der Waals surface area (Å²) in [6, 6.07) is 24.6. The van der Waals surface area contributed by atoms with Crippen LogP contribution in [0, 0.1) is 0 Å². The lowest BCUT2D eigenvalue weighted by molar-refractivity contribution is -0.143. The molecular formula is C36H44N4O6. The second-order valence-corrected chi connectivity index (χ2v) is 11.3. The highest BCUT2D eigenvalue weighted by molar-refractivity contribution is 5.97. The SMILES string of the molecule is CCOC(=O)CCCC(=O)Nc1cccc(C(=O)N(C)CCN2CCC(OCC(=O)Nc3ccccc3-c3ccccc3)CC2)c1. The van der Waals surface area contributed by atoms with Gasteiger partial charge in [0.2, 0.25) is 11.8 Å². The molecule has 46 heavy (non-hydrogen) atoms. The van der Waals surface area contributed by atoms with Crippen LogP contribution in [-0.2, 0) is 23.9 Å². The third-order valence-electron chi connectivity index (χ3n) is 7.85. The van der Waals surface area contributed by atoms with Crippen LogP contribution in [0.1, 0.15) is 49.4 Å². The number of ether oxygens (including phenoxy) is 2. The lowest BCUT2D eigenvalue weighted by Crippen LogP contribution is -2.42. The zero-order valence-electron chi connectivity index (χ0n) is 26.7. The molecule has 3 amide bonds. The summed E-state index contributed by atoms with van der Waals surface area (Å²) >= 11 is 0. The smallest absolute Gasteiger partial charge is 0.305 e. The van der Waals surface area contributed by atoms with Gasteiger partial charge in [0, 0.05) is 68.6 Å². The number of esters is 1. The van der Waals surface area contributed by atoms with Gasteiger partial charge in [-0.05, 0) is 56.0 Å². The number of nitrogens with one attached hydrogen (secondary N) is 2. The third kappa shape index (κ3) is 10.8. The molecule has 244 valence electrons. The van der Waals surface area contributed by atoms with E-state index in [1.165, 1.54) is 0 Å². The lowest BCUT2D eigenvalue weighted by atomic mass is 10.0. The van der Waals surface area contributed by atoms with E-state index >= 15 is 0 Å². The van der Waals surface area contributed by atoms with Gasteiger partial charge in [-0.2, -0.15) is 0 Å². The minimum atomic E-state index is -0.315. The predicted molar refractivity (Wildman–Crippen MR) is 178 cm³/mol. The Balaban J connectivity index is 1.14. The molecule has 3 aromatic rings. The molecule has 1 fully saturated rings. The van der Waals surface area contributed by atoms with Gasteiger partial charge in [0.15, 0.2) is 0 Å². The van der Waals surface area contributed by atoms with E-state index in [1.54, 1.807) is 43.1 Å². The monoisotopic (exact) mass is 628 g/mol. The molecule has 1 heterocycles. The van der Waals surface area contributed by atoms with Crippen LogP contribution in [0.4, 0.5) is 11.4 Å². The van der Waals surface area contributed by atoms with Crippen molar-refractivity contribution in [3.05, 3.63) is 84.4 Å². The number of amides is 3. The van der Waals surface area contributed by atoms with E-state index in [2.05, 4.69) is 15.5 Å². The van der Waals surface area contributed by atoms with Crippen LogP contribution in [0.15, 0.2) is 78.9 Å². The molecule has 0 radical (unpaired) electrons. The maximum absolute atomic E-state index is 13.1. The van der Waals surface area contributed by atoms with E-state index in [-0.39, 0.29) is 49.2 Å². The Hall–Kier alpha value is -4.54. The summed E-state index contributed by atoms with van der Waals surface area (Å²) in [5, 5.41) is 5.80. The van der Waals surface area contributed by atoms with Crippen molar-refractivity contribution in [3.63, 3.8) is 0 Å². The first-order chi connectivity index (χ1) is 22.3. The van der Waals surface area contributed by atoms with Crippen LogP contribution in [0.5, 0.6) is 0 Å². The lowest BCUT2D eigenvalue weighted by Gasteiger charge is -2.32. The summed E-state index contributed by atoms with van der Waals surface area (Å²) in [5.74, 6) is -0.839. The van der Waals surface area contributed by atoms with E-state index in [0.717, 1.165) is 49.3 Å². The molecule has 10 heteroatoms. The number of likely N-dealkylation sites (tertiary alicyclic amines) is 1. The normalized spacial score (nSPS) is 13.5. The van der Waals surface area contributed by atoms with Gasteiger partial charge in [-0.25, -0.2) is 0 Å². The van der Waals surface area contributed by atoms with Gasteiger partial charge >= 0.3 is 5.97 Å². The molecule has 10 nitrogen and oxygen atoms in total. The van der Waals surface area contributed by atoms with Crippen LogP contribution in [-0.4, -0.2) is 86.0 Å². The van der Waals surface area contributed by atoms with Crippen molar-refractivity contribution < 1.29 is 28.7 Å². The Morgan fingerprint density at radius 1 is 0.870 bits per heavy atom. The molecule has 0 atom stereocenters. The quantitative estimate of drug-likeness (QED) is 0.222. The zero-order valence-corrected chi connectivity index (χ0v) is 26.7. The molecule has 2 N–H and O–H groups in total. The molecule has 0 aliphatic carbocycles. The molecule has 4 rings (SSSR count). The Morgan fingerprint density at radius 3 is 2.37 bits per heavy atom. The van der Waals surface area contributed by atoms with Gasteiger partial charge in [0.05, 0.1) is 12.7 Å². The number of nitrogens with zero attached hydrogens (tertiary/aromatic N) is 2. The van der Waals surface area contributed by atoms with Crippen molar-refractivity contribution in [2.24, 2.45) is 0 Å². The van der Waals surface area contributed by atoms with Crippen molar-refractivity contribution >= 4 is 35.1 Å². The van der Waals surface area contributed by atoms with Gasteiger partial charge in [-0.15, -0.1) is 0 Å². The summed E-state index contributed by atoms with van der Waals surface area (Å²) in [6.45, 7) is 4.99. The standard InChI is InChI=1S/C36H44N4O6/c1-3-45-35(43)18-10-17-33(41)37-29-14-9-13-28(25-29)36(44)39(2)23-24-40-21-19-30(20-22-40)46-26-34(42)38-32-16-8-7-15-31(32)27-11-5-4-6-12-27/h4-9,11-16,25,30H,3,10,17-24,26H2,1-2H3,(H,37,41)(H,38,42). The molecule has 0 aromatic heterocycles. The Morgan fingerprint density at radius 2 is 1.61 bits per heavy atom. The van der Waals surface area contributed by atoms with Crippen molar-refractivity contribution in [2.45, 2.75) is 45.1 Å². The summed E-state index contributed by atoms with van der Waals surface area (Å²) in [7, 11) is 1.77. The molecule has 1 saturated heterocycles. The number of hydrogen-bond acceptors (Lipinski definition) is 7. The highest BCUT2D eigenvalue weighted by atomic mass is 16.5. The number of benzene rings is 3. The number of hydrogen-bond donors (Lipinski definition) is 2. The van der Waals surface area contributed by atoms with Crippen LogP contribution in [0.3, 0.4) is 0 Å². The molecule has 1 aliphatic heterocycles. The Kier molecular flexibility index (Phi) is 13.3. The van der Waals surface area contributed by atoms with Crippen LogP contribution in [0.25, 0.3) is 11.1 Å². The third-order valence-corrected chi connectivity index (χ3v) is 7.85. The average Bonchev–Trinajstić information content (AvgIpc) is 3.07. The minimum Gasteiger partial charge on any atom is -0.466 e. The first kappa shape index (κ1) is 34.3. The highest BCUT2D eigenvalue weighted by Crippen LogP contribution is 2.27. The maximum Gasteiger partial charge on any atom is 0.305 e. The van der Waals surface area contributed by atoms with Crippen molar-refractivity contribution in [1.29, 1.82) is 0 Å². The fraction of sp³-hybridized carbons (Fsp3) is 0.389. The number of carbonyl (C=O) groups excluding carboxylic acids is 4. The number of para-hydroxylation sites is 1. The Labute approximate surface area is 271 Å². The van der Waals surface area contributed by atoms with Gasteiger partial charge in [-0.3, -0.25) is 19.2 Å². The van der Waals surface area contributed by atoms with E-state index in [9.17, 15) is 19.2 Å². The number of likely N-dealkylation sites (N-methyl/N-ethyl adjacent to an activating group) is 1. The van der Waals surface area contributed by atoms with Gasteiger partial charge < -0.3 is 29.9 Å². The topological polar surface area (TPSA) is 117 Å². The molecule has 1 aliphatic rings. The zero-order chi connectivity index (χ0) is 32.7. The molecule has 0 unspecified atom stereocenters. The van der Waals surface area contributed by atoms with Crippen molar-refractivity contribution in [1.82, 2.24) is 9.80 Å². The number of piperidine rings is 1. The summed E-state index contributed by atoms with van der Waals surface area (Å²) in [5.41, 5.74) is 3.79. The number of rotatable bonds is 15. The Bertz CT molecular complexity index is 1460. The second-order valence-electron chi connectivity index (χ2n) is 11.3. The fourth-order valence-corrected chi connectivity index (χ4v) is 5.33. The summed E-state index contributed by atoms with van der Waals surface area (Å²) in [4.78, 5) is 53.5. The molecule has 0 spiro atoms. The van der Waals surface area contributed by atoms with Crippen molar-refractivity contribution in [3.8, 4) is 11.1 Å². The minimum absolute atomic E-state index is 0.00184. The van der Waals surface area contributed by atoms with Crippen molar-refractivity contribution in [2.75, 3.05) is 57.1 Å². The van der Waals surface area contributed by atoms with Crippen LogP contribution < -0.4 is 10.6 Å². The first-order valence-corrected chi connectivity index (χ1v) is 15.9.